The van der Waals surface area contributed by atoms with Crippen LogP contribution in [0.15, 0.2) is 12.5 Å². The maximum atomic E-state index is 12.2. The molecule has 0 radical (unpaired) electrons. The number of carbonyl (C=O) groups excluding carboxylic acids is 1. The molecule has 0 aliphatic rings. The minimum Gasteiger partial charge on any atom is -0.474 e. The summed E-state index contributed by atoms with van der Waals surface area (Å²) in [6, 6.07) is -0.239. The van der Waals surface area contributed by atoms with Crippen molar-refractivity contribution in [2.45, 2.75) is 66.5 Å². The van der Waals surface area contributed by atoms with Crippen molar-refractivity contribution in [1.82, 2.24) is 10.2 Å². The van der Waals surface area contributed by atoms with Crippen molar-refractivity contribution in [3.05, 3.63) is 12.5 Å². The molecule has 0 rings (SSSR count). The van der Waals surface area contributed by atoms with E-state index in [1.165, 1.54) is 0 Å². The van der Waals surface area contributed by atoms with Crippen LogP contribution in [-0.4, -0.2) is 43.0 Å². The smallest absolute Gasteiger partial charge is 0.180 e. The van der Waals surface area contributed by atoms with Crippen LogP contribution in [0.2, 0.25) is 0 Å². The van der Waals surface area contributed by atoms with Crippen molar-refractivity contribution in [3.63, 3.8) is 0 Å². The SMILES string of the molecule is C=C(NC(CCN(C)C)C(=O)C(C)C)OC(C)(C)C.CC. The zero-order valence-electron chi connectivity index (χ0n) is 15.5. The Morgan fingerprint density at radius 1 is 1.24 bits per heavy atom. The van der Waals surface area contributed by atoms with E-state index in [-0.39, 0.29) is 23.3 Å². The van der Waals surface area contributed by atoms with Crippen molar-refractivity contribution < 1.29 is 9.53 Å². The molecule has 1 unspecified atom stereocenters. The number of ether oxygens (including phenoxy) is 1. The van der Waals surface area contributed by atoms with Crippen LogP contribution in [0.3, 0.4) is 0 Å². The summed E-state index contributed by atoms with van der Waals surface area (Å²) in [6.45, 7) is 18.4. The van der Waals surface area contributed by atoms with E-state index in [1.54, 1.807) is 0 Å². The van der Waals surface area contributed by atoms with Gasteiger partial charge in [-0.05, 0) is 54.4 Å². The second-order valence-corrected chi connectivity index (χ2v) is 6.48. The molecule has 1 atom stereocenters. The fourth-order valence-corrected chi connectivity index (χ4v) is 1.67. The molecule has 126 valence electrons. The Bertz CT molecular complexity index is 304. The zero-order valence-corrected chi connectivity index (χ0v) is 15.5. The van der Waals surface area contributed by atoms with Gasteiger partial charge in [-0.3, -0.25) is 4.79 Å². The monoisotopic (exact) mass is 300 g/mol. The molecule has 4 heteroatoms. The van der Waals surface area contributed by atoms with E-state index >= 15 is 0 Å². The summed E-state index contributed by atoms with van der Waals surface area (Å²) in [5.41, 5.74) is -0.308. The van der Waals surface area contributed by atoms with Gasteiger partial charge in [0, 0.05) is 5.92 Å². The Morgan fingerprint density at radius 2 is 1.71 bits per heavy atom. The number of carbonyl (C=O) groups is 1. The molecular weight excluding hydrogens is 264 g/mol. The summed E-state index contributed by atoms with van der Waals surface area (Å²) >= 11 is 0. The van der Waals surface area contributed by atoms with Gasteiger partial charge in [0.05, 0.1) is 6.04 Å². The largest absolute Gasteiger partial charge is 0.474 e. The number of nitrogens with one attached hydrogen (secondary N) is 1. The minimum absolute atomic E-state index is 0.00194. The van der Waals surface area contributed by atoms with Gasteiger partial charge in [0.1, 0.15) is 5.60 Å². The van der Waals surface area contributed by atoms with E-state index in [2.05, 4.69) is 16.8 Å². The van der Waals surface area contributed by atoms with Crippen LogP contribution in [0.25, 0.3) is 0 Å². The lowest BCUT2D eigenvalue weighted by molar-refractivity contribution is -0.124. The molecule has 0 aromatic rings. The minimum atomic E-state index is -0.308. The van der Waals surface area contributed by atoms with E-state index < -0.39 is 0 Å². The first-order valence-electron chi connectivity index (χ1n) is 7.86. The number of nitrogens with zero attached hydrogens (tertiary/aromatic N) is 1. The van der Waals surface area contributed by atoms with Crippen molar-refractivity contribution in [3.8, 4) is 0 Å². The summed E-state index contributed by atoms with van der Waals surface area (Å²) < 4.78 is 5.63. The first-order chi connectivity index (χ1) is 9.53. The van der Waals surface area contributed by atoms with Crippen LogP contribution in [0.4, 0.5) is 0 Å². The number of ketones is 1. The highest BCUT2D eigenvalue weighted by atomic mass is 16.5. The number of rotatable bonds is 8. The summed E-state index contributed by atoms with van der Waals surface area (Å²) in [4.78, 5) is 14.2. The van der Waals surface area contributed by atoms with Gasteiger partial charge in [0.2, 0.25) is 0 Å². The third-order valence-corrected chi connectivity index (χ3v) is 2.54. The number of Topliss-reactive ketones (excluding diaryl/α,β-unsaturated/α-hetero) is 1. The topological polar surface area (TPSA) is 41.6 Å². The fourth-order valence-electron chi connectivity index (χ4n) is 1.67. The molecule has 0 aromatic carbocycles. The zero-order chi connectivity index (χ0) is 17.2. The van der Waals surface area contributed by atoms with Crippen molar-refractivity contribution in [1.29, 1.82) is 0 Å². The molecule has 0 heterocycles. The van der Waals surface area contributed by atoms with E-state index in [9.17, 15) is 4.79 Å². The van der Waals surface area contributed by atoms with Gasteiger partial charge in [-0.15, -0.1) is 0 Å². The quantitative estimate of drug-likeness (QED) is 0.697. The molecular formula is C17H36N2O2. The van der Waals surface area contributed by atoms with Crippen molar-refractivity contribution in [2.75, 3.05) is 20.6 Å². The molecule has 0 aliphatic heterocycles. The lowest BCUT2D eigenvalue weighted by atomic mass is 9.99. The average molecular weight is 300 g/mol. The number of hydrogen-bond donors (Lipinski definition) is 1. The van der Waals surface area contributed by atoms with Gasteiger partial charge in [0.25, 0.3) is 0 Å². The van der Waals surface area contributed by atoms with Gasteiger partial charge in [-0.1, -0.05) is 27.7 Å². The average Bonchev–Trinajstić information content (AvgIpc) is 2.33. The molecule has 0 spiro atoms. The highest BCUT2D eigenvalue weighted by molar-refractivity contribution is 5.85. The molecule has 1 N–H and O–H groups in total. The van der Waals surface area contributed by atoms with Gasteiger partial charge in [-0.25, -0.2) is 0 Å². The van der Waals surface area contributed by atoms with Crippen molar-refractivity contribution in [2.24, 2.45) is 5.92 Å². The van der Waals surface area contributed by atoms with E-state index in [1.807, 2.05) is 62.6 Å². The molecule has 0 bridgehead atoms. The van der Waals surface area contributed by atoms with Crippen LogP contribution in [0, 0.1) is 5.92 Å². The molecule has 0 amide bonds. The maximum absolute atomic E-state index is 12.2. The summed E-state index contributed by atoms with van der Waals surface area (Å²) in [7, 11) is 3.99. The Morgan fingerprint density at radius 3 is 2.05 bits per heavy atom. The van der Waals surface area contributed by atoms with Crippen LogP contribution >= 0.6 is 0 Å². The van der Waals surface area contributed by atoms with E-state index in [0.717, 1.165) is 13.0 Å². The highest BCUT2D eigenvalue weighted by Gasteiger charge is 2.23. The Balaban J connectivity index is 0. The second kappa shape index (κ2) is 10.7. The predicted molar refractivity (Wildman–Crippen MR) is 91.3 cm³/mol. The third kappa shape index (κ3) is 12.4. The first-order valence-corrected chi connectivity index (χ1v) is 7.86. The Kier molecular flexibility index (Phi) is 11.3. The Hall–Kier alpha value is -1.03. The molecule has 0 fully saturated rings. The molecule has 21 heavy (non-hydrogen) atoms. The van der Waals surface area contributed by atoms with Crippen LogP contribution in [0.5, 0.6) is 0 Å². The van der Waals surface area contributed by atoms with Gasteiger partial charge < -0.3 is 15.0 Å². The molecule has 0 saturated heterocycles. The molecule has 4 nitrogen and oxygen atoms in total. The van der Waals surface area contributed by atoms with Crippen LogP contribution in [-0.2, 0) is 9.53 Å². The van der Waals surface area contributed by atoms with Gasteiger partial charge in [-0.2, -0.15) is 0 Å². The maximum Gasteiger partial charge on any atom is 0.180 e. The fraction of sp³-hybridized carbons (Fsp3) is 0.824. The van der Waals surface area contributed by atoms with Crippen LogP contribution < -0.4 is 5.32 Å². The normalized spacial score (nSPS) is 12.5. The van der Waals surface area contributed by atoms with E-state index in [0.29, 0.717) is 5.88 Å². The van der Waals surface area contributed by atoms with E-state index in [4.69, 9.17) is 4.74 Å². The standard InChI is InChI=1S/C15H30N2O2.C2H6/c1-11(2)14(18)13(9-10-17(7)8)16-12(3)19-15(4,5)6;1-2/h11,13,16H,3,9-10H2,1-2,4-8H3;1-2H3. The summed E-state index contributed by atoms with van der Waals surface area (Å²) in [6.07, 6.45) is 0.747. The first kappa shape index (κ1) is 22.3. The lowest BCUT2D eigenvalue weighted by Gasteiger charge is -2.27. The van der Waals surface area contributed by atoms with Crippen LogP contribution in [0.1, 0.15) is 54.9 Å². The van der Waals surface area contributed by atoms with Gasteiger partial charge in [0.15, 0.2) is 11.7 Å². The van der Waals surface area contributed by atoms with Gasteiger partial charge >= 0.3 is 0 Å². The van der Waals surface area contributed by atoms with Crippen molar-refractivity contribution >= 4 is 5.78 Å². The number of hydrogen-bond acceptors (Lipinski definition) is 4. The molecule has 0 saturated carbocycles. The second-order valence-electron chi connectivity index (χ2n) is 6.48. The summed E-state index contributed by atoms with van der Waals surface area (Å²) in [5, 5.41) is 3.12. The third-order valence-electron chi connectivity index (χ3n) is 2.54. The Labute approximate surface area is 131 Å². The molecule has 0 aliphatic carbocycles. The lowest BCUT2D eigenvalue weighted by Crippen LogP contribution is -2.42. The summed E-state index contributed by atoms with van der Waals surface area (Å²) in [5.74, 6) is 0.660. The molecule has 0 aromatic heterocycles. The highest BCUT2D eigenvalue weighted by Crippen LogP contribution is 2.13. The predicted octanol–water partition coefficient (Wildman–Crippen LogP) is 3.43.